The van der Waals surface area contributed by atoms with Crippen LogP contribution in [0.15, 0.2) is 54.6 Å². The Labute approximate surface area is 223 Å². The fraction of sp³-hybridized carbons (Fsp3) is 0.423. The van der Waals surface area contributed by atoms with E-state index in [4.69, 9.17) is 4.80 Å². The molecule has 0 heterocycles. The van der Waals surface area contributed by atoms with E-state index in [9.17, 15) is 0 Å². The molecule has 0 spiro atoms. The summed E-state index contributed by atoms with van der Waals surface area (Å²) in [6.07, 6.45) is 8.92. The van der Waals surface area contributed by atoms with Crippen LogP contribution in [0, 0.1) is 0 Å². The Morgan fingerprint density at radius 1 is 0.839 bits per heavy atom. The first-order chi connectivity index (χ1) is 13.5. The van der Waals surface area contributed by atoms with Gasteiger partial charge in [-0.25, -0.2) is 0 Å². The number of aryl methyl sites for hydroxylation is 2. The zero-order chi connectivity index (χ0) is 20.4. The first-order valence-electron chi connectivity index (χ1n) is 10.8. The molecule has 3 rings (SSSR count). The van der Waals surface area contributed by atoms with Crippen LogP contribution in [0.5, 0.6) is 0 Å². The van der Waals surface area contributed by atoms with E-state index in [1.165, 1.54) is 78.0 Å². The Morgan fingerprint density at radius 2 is 1.48 bits per heavy atom. The van der Waals surface area contributed by atoms with Crippen LogP contribution < -0.4 is 24.8 Å². The van der Waals surface area contributed by atoms with Crippen molar-refractivity contribution in [3.63, 3.8) is 0 Å². The maximum absolute atomic E-state index is 8.16. The minimum atomic E-state index is -0.880. The van der Waals surface area contributed by atoms with Crippen molar-refractivity contribution in [1.82, 2.24) is 0 Å². The predicted octanol–water partition coefficient (Wildman–Crippen LogP) is 1.54. The van der Waals surface area contributed by atoms with Gasteiger partial charge in [0.1, 0.15) is 0 Å². The molecule has 0 aliphatic carbocycles. The third-order valence-corrected chi connectivity index (χ3v) is 4.93. The number of benzene rings is 2. The fourth-order valence-electron chi connectivity index (χ4n) is 3.59. The van der Waals surface area contributed by atoms with E-state index in [0.29, 0.717) is 0 Å². The van der Waals surface area contributed by atoms with Gasteiger partial charge < -0.3 is 29.6 Å². The van der Waals surface area contributed by atoms with Gasteiger partial charge in [-0.2, -0.15) is 6.07 Å². The normalized spacial score (nSPS) is 9.87. The van der Waals surface area contributed by atoms with Crippen molar-refractivity contribution < 1.29 is 55.8 Å². The summed E-state index contributed by atoms with van der Waals surface area (Å²) in [5.74, 6) is 0. The van der Waals surface area contributed by atoms with E-state index in [-0.39, 0.29) is 51.0 Å². The Kier molecular flexibility index (Phi) is 19.2. The van der Waals surface area contributed by atoms with Crippen molar-refractivity contribution in [2.24, 2.45) is 0 Å². The summed E-state index contributed by atoms with van der Waals surface area (Å²) in [6.45, 7) is 8.16. The van der Waals surface area contributed by atoms with Crippen LogP contribution >= 0.6 is 0 Å². The van der Waals surface area contributed by atoms with Crippen LogP contribution in [-0.4, -0.2) is 13.8 Å². The maximum atomic E-state index is 8.16. The Morgan fingerprint density at radius 3 is 2.06 bits per heavy atom. The van der Waals surface area contributed by atoms with Crippen LogP contribution in [0.4, 0.5) is 0 Å². The smallest absolute Gasteiger partial charge is 1.00 e. The number of fused-ring (bicyclic) bond motifs is 1. The number of hydrogen-bond donors (Lipinski definition) is 1. The molecule has 3 aromatic carbocycles. The molecule has 3 aromatic rings. The summed E-state index contributed by atoms with van der Waals surface area (Å²) in [4.78, 5) is 8.16. The zero-order valence-corrected chi connectivity index (χ0v) is 24.3. The molecule has 0 fully saturated rings. The summed E-state index contributed by atoms with van der Waals surface area (Å²) in [7, 11) is -0.880. The molecule has 5 heteroatoms. The Balaban J connectivity index is 0. The first kappa shape index (κ1) is 32.9. The molecule has 0 atom stereocenters. The first-order valence-corrected chi connectivity index (χ1v) is 13.3. The van der Waals surface area contributed by atoms with Crippen LogP contribution in [0.2, 0.25) is 13.1 Å². The zero-order valence-electron chi connectivity index (χ0n) is 19.3. The number of hydrogen-bond acceptors (Lipinski definition) is 1. The second-order valence-electron chi connectivity index (χ2n) is 7.88. The molecule has 0 saturated heterocycles. The van der Waals surface area contributed by atoms with Crippen molar-refractivity contribution in [2.75, 3.05) is 0 Å². The van der Waals surface area contributed by atoms with Crippen molar-refractivity contribution in [2.45, 2.75) is 71.9 Å². The molecular weight excluding hydrogens is 519 g/mol. The van der Waals surface area contributed by atoms with Gasteiger partial charge in [-0.05, 0) is 43.5 Å². The molecule has 2 radical (unpaired) electrons. The third kappa shape index (κ3) is 11.4. The summed E-state index contributed by atoms with van der Waals surface area (Å²) in [5.41, 5.74) is 5.64. The van der Waals surface area contributed by atoms with E-state index in [0.717, 1.165) is 0 Å². The van der Waals surface area contributed by atoms with E-state index in [1.54, 1.807) is 0 Å². The minimum absolute atomic E-state index is 0. The van der Waals surface area contributed by atoms with Gasteiger partial charge in [-0.3, -0.25) is 0 Å². The SMILES string of the molecule is CCCCCCc1ccc(-c2cccc3[cH-]c(CCC)cc23)cc1.C[Si](C)O.[Cl-].[Cl-].[Zr+3]. The minimum Gasteiger partial charge on any atom is -1.00 e. The molecule has 1 N–H and O–H groups in total. The molecule has 31 heavy (non-hydrogen) atoms. The fourth-order valence-corrected chi connectivity index (χ4v) is 3.59. The van der Waals surface area contributed by atoms with E-state index in [1.807, 2.05) is 13.1 Å². The third-order valence-electron chi connectivity index (χ3n) is 4.93. The molecule has 1 nitrogen and oxygen atoms in total. The molecule has 0 aliphatic heterocycles. The van der Waals surface area contributed by atoms with Crippen molar-refractivity contribution in [3.8, 4) is 11.1 Å². The van der Waals surface area contributed by atoms with Gasteiger partial charge >= 0.3 is 26.2 Å². The molecule has 0 saturated carbocycles. The van der Waals surface area contributed by atoms with Crippen molar-refractivity contribution >= 4 is 19.8 Å². The summed E-state index contributed by atoms with van der Waals surface area (Å²) >= 11 is 0. The number of halogens is 2. The van der Waals surface area contributed by atoms with Crippen molar-refractivity contribution in [3.05, 3.63) is 65.7 Å². The molecule has 168 valence electrons. The van der Waals surface area contributed by atoms with Crippen LogP contribution in [-0.2, 0) is 39.0 Å². The van der Waals surface area contributed by atoms with Gasteiger partial charge in [0.05, 0.1) is 0 Å². The van der Waals surface area contributed by atoms with Gasteiger partial charge in [0.2, 0.25) is 0 Å². The second-order valence-corrected chi connectivity index (χ2v) is 9.77. The van der Waals surface area contributed by atoms with E-state index < -0.39 is 9.04 Å². The van der Waals surface area contributed by atoms with Crippen LogP contribution in [0.25, 0.3) is 21.9 Å². The largest absolute Gasteiger partial charge is 3.00 e. The predicted molar refractivity (Wildman–Crippen MR) is 127 cm³/mol. The quantitative estimate of drug-likeness (QED) is 0.255. The Hall–Kier alpha value is -0.310. The maximum Gasteiger partial charge on any atom is 3.00 e. The average molecular weight is 555 g/mol. The summed E-state index contributed by atoms with van der Waals surface area (Å²) in [6, 6.07) is 20.6. The molecule has 0 unspecified atom stereocenters. The van der Waals surface area contributed by atoms with Crippen molar-refractivity contribution in [1.29, 1.82) is 0 Å². The van der Waals surface area contributed by atoms with E-state index >= 15 is 0 Å². The van der Waals surface area contributed by atoms with Gasteiger partial charge in [0, 0.05) is 0 Å². The average Bonchev–Trinajstić information content (AvgIpc) is 3.08. The molecule has 0 aliphatic rings. The van der Waals surface area contributed by atoms with Crippen LogP contribution in [0.3, 0.4) is 0 Å². The van der Waals surface area contributed by atoms with Gasteiger partial charge in [0.15, 0.2) is 9.04 Å². The second kappa shape index (κ2) is 18.2. The summed E-state index contributed by atoms with van der Waals surface area (Å²) < 4.78 is 0. The number of rotatable bonds is 8. The van der Waals surface area contributed by atoms with Gasteiger partial charge in [-0.1, -0.05) is 75.4 Å². The van der Waals surface area contributed by atoms with Gasteiger partial charge in [0.25, 0.3) is 0 Å². The monoisotopic (exact) mass is 552 g/mol. The molecule has 0 bridgehead atoms. The van der Waals surface area contributed by atoms with Gasteiger partial charge in [-0.15, -0.1) is 34.5 Å². The topological polar surface area (TPSA) is 20.2 Å². The molecule has 0 aromatic heterocycles. The molecular formula is C26H36Cl2OSiZr. The molecule has 0 amide bonds. The standard InChI is InChI=1S/C24H29.C2H7OSi.2ClH.Zr/c1-3-5-6-7-10-19-13-15-21(16-14-19)23-12-8-11-22-17-20(9-4-2)18-24(22)23;1-4(2)3;;;/h8,11-18H,3-7,9-10H2,1-2H3;3H,1-2H3;2*1H;/q-1;;;;+3/p-2. The Bertz CT molecular complexity index is 828. The number of unbranched alkanes of at least 4 members (excludes halogenated alkanes) is 3. The summed E-state index contributed by atoms with van der Waals surface area (Å²) in [5, 5.41) is 2.77. The van der Waals surface area contributed by atoms with E-state index in [2.05, 4.69) is 68.4 Å². The van der Waals surface area contributed by atoms with Crippen LogP contribution in [0.1, 0.15) is 57.1 Å².